The van der Waals surface area contributed by atoms with Gasteiger partial charge in [0.15, 0.2) is 11.0 Å². The van der Waals surface area contributed by atoms with E-state index in [4.69, 9.17) is 0 Å². The molecule has 0 heterocycles. The topological polar surface area (TPSA) is 29.4 Å². The van der Waals surface area contributed by atoms with Gasteiger partial charge >= 0.3 is 0 Å². The van der Waals surface area contributed by atoms with Crippen molar-refractivity contribution in [3.05, 3.63) is 42.0 Å². The summed E-state index contributed by atoms with van der Waals surface area (Å²) in [5.74, 6) is 0. The van der Waals surface area contributed by atoms with Crippen molar-refractivity contribution >= 4 is 17.2 Å². The van der Waals surface area contributed by atoms with Crippen molar-refractivity contribution < 1.29 is 4.21 Å². The highest BCUT2D eigenvalue weighted by molar-refractivity contribution is 7.83. The molecule has 0 aliphatic carbocycles. The minimum Gasteiger partial charge on any atom is -0.229 e. The summed E-state index contributed by atoms with van der Waals surface area (Å²) in [6, 6.07) is 7.52. The number of aryl methyl sites for hydroxylation is 1. The summed E-state index contributed by atoms with van der Waals surface area (Å²) in [4.78, 5) is 0.733. The molecule has 0 saturated carbocycles. The fourth-order valence-electron chi connectivity index (χ4n) is 0.892. The summed E-state index contributed by atoms with van der Waals surface area (Å²) in [6.07, 6.45) is 5.15. The molecule has 0 fully saturated rings. The van der Waals surface area contributed by atoms with Crippen LogP contribution in [0.25, 0.3) is 0 Å². The molecule has 1 atom stereocenters. The lowest BCUT2D eigenvalue weighted by atomic mass is 10.2. The second kappa shape index (κ2) is 5.50. The highest BCUT2D eigenvalue weighted by Crippen LogP contribution is 2.08. The van der Waals surface area contributed by atoms with Gasteiger partial charge in [0.1, 0.15) is 0 Å². The van der Waals surface area contributed by atoms with Crippen LogP contribution in [0, 0.1) is 6.92 Å². The van der Waals surface area contributed by atoms with Crippen LogP contribution in [0.2, 0.25) is 0 Å². The summed E-state index contributed by atoms with van der Waals surface area (Å²) in [5.41, 5.74) is 1.16. The molecule has 14 heavy (non-hydrogen) atoms. The van der Waals surface area contributed by atoms with E-state index in [2.05, 4.69) is 4.40 Å². The quantitative estimate of drug-likeness (QED) is 0.701. The molecule has 74 valence electrons. The monoisotopic (exact) mass is 207 g/mol. The standard InChI is InChI=1S/C11H13NOS/c1-3-4-9-12-14(13)11-7-5-10(2)6-8-11/h3-9H,1-2H3/b4-3+,12-9+/t14-/m0/s1. The molecule has 0 aliphatic rings. The molecule has 0 saturated heterocycles. The molecule has 0 radical (unpaired) electrons. The SMILES string of the molecule is C/C=C/C=N/[S@@](=O)c1ccc(C)cc1. The molecule has 0 unspecified atom stereocenters. The summed E-state index contributed by atoms with van der Waals surface area (Å²) < 4.78 is 15.4. The third-order valence-corrected chi connectivity index (χ3v) is 2.65. The van der Waals surface area contributed by atoms with E-state index in [1.165, 1.54) is 0 Å². The second-order valence-electron chi connectivity index (χ2n) is 2.84. The van der Waals surface area contributed by atoms with Gasteiger partial charge in [-0.2, -0.15) is 4.40 Å². The molecule has 1 aromatic carbocycles. The van der Waals surface area contributed by atoms with Gasteiger partial charge < -0.3 is 0 Å². The van der Waals surface area contributed by atoms with Crippen molar-refractivity contribution in [1.29, 1.82) is 0 Å². The molecule has 1 rings (SSSR count). The molecule has 0 aliphatic heterocycles. The Morgan fingerprint density at radius 3 is 2.50 bits per heavy atom. The molecular formula is C11H13NOS. The van der Waals surface area contributed by atoms with Gasteiger partial charge in [0.25, 0.3) is 0 Å². The van der Waals surface area contributed by atoms with Gasteiger partial charge in [0.05, 0.1) is 4.90 Å². The highest BCUT2D eigenvalue weighted by atomic mass is 32.2. The zero-order valence-corrected chi connectivity index (χ0v) is 9.12. The lowest BCUT2D eigenvalue weighted by Crippen LogP contribution is -1.86. The van der Waals surface area contributed by atoms with E-state index in [1.54, 1.807) is 12.3 Å². The fraction of sp³-hybridized carbons (Fsp3) is 0.182. The van der Waals surface area contributed by atoms with Gasteiger partial charge in [-0.05, 0) is 32.1 Å². The lowest BCUT2D eigenvalue weighted by molar-refractivity contribution is 0.684. The van der Waals surface area contributed by atoms with Crippen molar-refractivity contribution in [3.8, 4) is 0 Å². The van der Waals surface area contributed by atoms with E-state index >= 15 is 0 Å². The third-order valence-electron chi connectivity index (χ3n) is 1.66. The maximum Gasteiger partial charge on any atom is 0.172 e. The molecule has 0 aromatic heterocycles. The first kappa shape index (κ1) is 10.9. The predicted octanol–water partition coefficient (Wildman–Crippen LogP) is 2.66. The Balaban J connectivity index is 2.75. The first-order chi connectivity index (χ1) is 6.74. The van der Waals surface area contributed by atoms with Crippen LogP contribution in [0.4, 0.5) is 0 Å². The van der Waals surface area contributed by atoms with E-state index in [9.17, 15) is 4.21 Å². The van der Waals surface area contributed by atoms with Gasteiger partial charge in [-0.15, -0.1) is 0 Å². The molecule has 0 bridgehead atoms. The third kappa shape index (κ3) is 3.26. The second-order valence-corrected chi connectivity index (χ2v) is 4.02. The zero-order valence-electron chi connectivity index (χ0n) is 8.31. The summed E-state index contributed by atoms with van der Waals surface area (Å²) >= 11 is 0. The van der Waals surface area contributed by atoms with Crippen molar-refractivity contribution in [2.45, 2.75) is 18.7 Å². The highest BCUT2D eigenvalue weighted by Gasteiger charge is 1.98. The maximum atomic E-state index is 11.5. The molecular weight excluding hydrogens is 194 g/mol. The van der Waals surface area contributed by atoms with Crippen LogP contribution in [0.5, 0.6) is 0 Å². The Bertz CT molecular complexity index is 365. The molecule has 2 nitrogen and oxygen atoms in total. The first-order valence-corrected chi connectivity index (χ1v) is 5.48. The van der Waals surface area contributed by atoms with Crippen LogP contribution in [0.1, 0.15) is 12.5 Å². The van der Waals surface area contributed by atoms with Crippen LogP contribution < -0.4 is 0 Å². The summed E-state index contributed by atoms with van der Waals surface area (Å²) in [5, 5.41) is 0. The van der Waals surface area contributed by atoms with Gasteiger partial charge in [-0.3, -0.25) is 0 Å². The number of hydrogen-bond acceptors (Lipinski definition) is 1. The Labute approximate surface area is 87.0 Å². The van der Waals surface area contributed by atoms with E-state index in [0.717, 1.165) is 10.5 Å². The largest absolute Gasteiger partial charge is 0.229 e. The van der Waals surface area contributed by atoms with E-state index < -0.39 is 11.0 Å². The fourth-order valence-corrected chi connectivity index (χ4v) is 1.56. The number of hydrogen-bond donors (Lipinski definition) is 0. The zero-order chi connectivity index (χ0) is 10.4. The van der Waals surface area contributed by atoms with Crippen molar-refractivity contribution in [1.82, 2.24) is 0 Å². The van der Waals surface area contributed by atoms with Gasteiger partial charge in [0.2, 0.25) is 0 Å². The molecule has 1 aromatic rings. The lowest BCUT2D eigenvalue weighted by Gasteiger charge is -1.95. The summed E-state index contributed by atoms with van der Waals surface area (Å²) in [6.45, 7) is 3.89. The summed E-state index contributed by atoms with van der Waals surface area (Å²) in [7, 11) is -1.27. The maximum absolute atomic E-state index is 11.5. The Morgan fingerprint density at radius 1 is 1.29 bits per heavy atom. The number of allylic oxidation sites excluding steroid dienone is 2. The van der Waals surface area contributed by atoms with E-state index in [-0.39, 0.29) is 0 Å². The average molecular weight is 207 g/mol. The number of rotatable bonds is 3. The van der Waals surface area contributed by atoms with E-state index in [1.807, 2.05) is 44.2 Å². The first-order valence-electron chi connectivity index (χ1n) is 4.38. The minimum atomic E-state index is -1.27. The average Bonchev–Trinajstić information content (AvgIpc) is 2.19. The van der Waals surface area contributed by atoms with Crippen molar-refractivity contribution in [2.75, 3.05) is 0 Å². The van der Waals surface area contributed by atoms with Crippen LogP contribution in [-0.4, -0.2) is 10.4 Å². The predicted molar refractivity (Wildman–Crippen MR) is 60.9 cm³/mol. The van der Waals surface area contributed by atoms with Gasteiger partial charge in [-0.25, -0.2) is 4.21 Å². The van der Waals surface area contributed by atoms with Gasteiger partial charge in [-0.1, -0.05) is 23.8 Å². The molecule has 0 N–H and O–H groups in total. The van der Waals surface area contributed by atoms with Crippen molar-refractivity contribution in [2.24, 2.45) is 4.40 Å². The molecule has 3 heteroatoms. The van der Waals surface area contributed by atoms with E-state index in [0.29, 0.717) is 0 Å². The van der Waals surface area contributed by atoms with Crippen LogP contribution in [0.15, 0.2) is 45.7 Å². The Morgan fingerprint density at radius 2 is 1.93 bits per heavy atom. The molecule has 0 spiro atoms. The van der Waals surface area contributed by atoms with Gasteiger partial charge in [0, 0.05) is 6.21 Å². The van der Waals surface area contributed by atoms with Crippen LogP contribution in [-0.2, 0) is 11.0 Å². The van der Waals surface area contributed by atoms with Crippen molar-refractivity contribution in [3.63, 3.8) is 0 Å². The molecule has 0 amide bonds. The number of benzene rings is 1. The minimum absolute atomic E-state index is 0.733. The normalized spacial score (nSPS) is 13.9. The Hall–Kier alpha value is -1.22. The Kier molecular flexibility index (Phi) is 4.26. The smallest absolute Gasteiger partial charge is 0.172 e. The van der Waals surface area contributed by atoms with Crippen LogP contribution >= 0.6 is 0 Å². The van der Waals surface area contributed by atoms with Crippen LogP contribution in [0.3, 0.4) is 0 Å². The number of nitrogens with zero attached hydrogens (tertiary/aromatic N) is 1.